The zero-order valence-corrected chi connectivity index (χ0v) is 15.2. The van der Waals surface area contributed by atoms with Gasteiger partial charge in [0.25, 0.3) is 5.91 Å². The Labute approximate surface area is 149 Å². The van der Waals surface area contributed by atoms with E-state index in [1.807, 2.05) is 32.0 Å². The standard InChI is InChI=1S/C17H25N3O3.ClH/c1-11-5-4-6-12(2)16(11)19-15(21)10-20(3)17(22)14-8-7-13(9-18)23-14;/h4-6,13-14H,7-10,18H2,1-3H3,(H,19,21);1H/t13-,14+;/m1./s1. The number of carbonyl (C=O) groups excluding carboxylic acids is 2. The fraction of sp³-hybridized carbons (Fsp3) is 0.529. The van der Waals surface area contributed by atoms with Gasteiger partial charge in [-0.3, -0.25) is 9.59 Å². The number of halogens is 1. The second-order valence-corrected chi connectivity index (χ2v) is 6.07. The quantitative estimate of drug-likeness (QED) is 0.840. The van der Waals surface area contributed by atoms with Gasteiger partial charge in [-0.2, -0.15) is 0 Å². The first-order valence-electron chi connectivity index (χ1n) is 7.89. The van der Waals surface area contributed by atoms with Gasteiger partial charge in [0, 0.05) is 19.3 Å². The number of likely N-dealkylation sites (N-methyl/N-ethyl adjacent to an activating group) is 1. The molecule has 0 unspecified atom stereocenters. The fourth-order valence-corrected chi connectivity index (χ4v) is 2.79. The first kappa shape index (κ1) is 20.4. The average Bonchev–Trinajstić information content (AvgIpc) is 2.99. The molecule has 2 atom stereocenters. The van der Waals surface area contributed by atoms with Gasteiger partial charge in [0.1, 0.15) is 6.10 Å². The van der Waals surface area contributed by atoms with Gasteiger partial charge in [-0.05, 0) is 37.8 Å². The number of nitrogens with one attached hydrogen (secondary N) is 1. The van der Waals surface area contributed by atoms with E-state index in [1.165, 1.54) is 4.90 Å². The first-order chi connectivity index (χ1) is 10.9. The number of ether oxygens (including phenoxy) is 1. The van der Waals surface area contributed by atoms with Crippen molar-refractivity contribution in [3.63, 3.8) is 0 Å². The van der Waals surface area contributed by atoms with Crippen LogP contribution in [0, 0.1) is 13.8 Å². The van der Waals surface area contributed by atoms with Crippen LogP contribution in [0.2, 0.25) is 0 Å². The Bertz CT molecular complexity index is 574. The van der Waals surface area contributed by atoms with Crippen LogP contribution in [0.3, 0.4) is 0 Å². The highest BCUT2D eigenvalue weighted by molar-refractivity contribution is 5.96. The molecule has 0 aromatic heterocycles. The van der Waals surface area contributed by atoms with Gasteiger partial charge in [0.05, 0.1) is 12.6 Å². The average molecular weight is 356 g/mol. The molecule has 1 fully saturated rings. The summed E-state index contributed by atoms with van der Waals surface area (Å²) in [6, 6.07) is 5.83. The molecule has 1 heterocycles. The summed E-state index contributed by atoms with van der Waals surface area (Å²) in [6.07, 6.45) is 0.904. The summed E-state index contributed by atoms with van der Waals surface area (Å²) in [6.45, 7) is 4.30. The fourth-order valence-electron chi connectivity index (χ4n) is 2.79. The largest absolute Gasteiger partial charge is 0.364 e. The molecule has 6 nitrogen and oxygen atoms in total. The third kappa shape index (κ3) is 4.93. The molecule has 1 aromatic rings. The van der Waals surface area contributed by atoms with E-state index < -0.39 is 6.10 Å². The summed E-state index contributed by atoms with van der Waals surface area (Å²) in [5.41, 5.74) is 8.35. The highest BCUT2D eigenvalue weighted by Gasteiger charge is 2.32. The van der Waals surface area contributed by atoms with E-state index in [2.05, 4.69) is 5.32 Å². The summed E-state index contributed by atoms with van der Waals surface area (Å²) < 4.78 is 5.58. The second kappa shape index (κ2) is 9.01. The number of para-hydroxylation sites is 1. The minimum Gasteiger partial charge on any atom is -0.364 e. The highest BCUT2D eigenvalue weighted by Crippen LogP contribution is 2.21. The van der Waals surface area contributed by atoms with Crippen molar-refractivity contribution in [1.82, 2.24) is 4.90 Å². The van der Waals surface area contributed by atoms with Gasteiger partial charge in [-0.25, -0.2) is 0 Å². The number of hydrogen-bond donors (Lipinski definition) is 2. The van der Waals surface area contributed by atoms with Gasteiger partial charge < -0.3 is 20.7 Å². The summed E-state index contributed by atoms with van der Waals surface area (Å²) >= 11 is 0. The summed E-state index contributed by atoms with van der Waals surface area (Å²) in [4.78, 5) is 25.9. The Hall–Kier alpha value is -1.63. The van der Waals surface area contributed by atoms with E-state index in [0.29, 0.717) is 13.0 Å². The van der Waals surface area contributed by atoms with E-state index in [4.69, 9.17) is 10.5 Å². The lowest BCUT2D eigenvalue weighted by Gasteiger charge is -2.21. The van der Waals surface area contributed by atoms with E-state index in [9.17, 15) is 9.59 Å². The van der Waals surface area contributed by atoms with Crippen LogP contribution in [0.5, 0.6) is 0 Å². The van der Waals surface area contributed by atoms with Gasteiger partial charge in [-0.1, -0.05) is 18.2 Å². The molecule has 1 saturated heterocycles. The molecule has 1 aliphatic heterocycles. The SMILES string of the molecule is Cc1cccc(C)c1NC(=O)CN(C)C(=O)[C@@H]1CC[C@H](CN)O1.Cl. The molecule has 2 amide bonds. The maximum atomic E-state index is 12.3. The van der Waals surface area contributed by atoms with Crippen LogP contribution in [-0.4, -0.2) is 49.1 Å². The van der Waals surface area contributed by atoms with Gasteiger partial charge >= 0.3 is 0 Å². The monoisotopic (exact) mass is 355 g/mol. The Morgan fingerprint density at radius 1 is 1.29 bits per heavy atom. The van der Waals surface area contributed by atoms with E-state index in [1.54, 1.807) is 7.05 Å². The van der Waals surface area contributed by atoms with Crippen LogP contribution >= 0.6 is 12.4 Å². The number of nitrogens with two attached hydrogens (primary N) is 1. The molecule has 0 aliphatic carbocycles. The maximum absolute atomic E-state index is 12.3. The third-order valence-electron chi connectivity index (χ3n) is 4.15. The number of benzene rings is 1. The lowest BCUT2D eigenvalue weighted by Crippen LogP contribution is -2.41. The zero-order chi connectivity index (χ0) is 17.0. The second-order valence-electron chi connectivity index (χ2n) is 6.07. The van der Waals surface area contributed by atoms with Crippen molar-refractivity contribution in [2.24, 2.45) is 5.73 Å². The molecule has 0 spiro atoms. The number of nitrogens with zero attached hydrogens (tertiary/aromatic N) is 1. The molecular formula is C17H26ClN3O3. The van der Waals surface area contributed by atoms with Crippen LogP contribution in [-0.2, 0) is 14.3 Å². The maximum Gasteiger partial charge on any atom is 0.251 e. The normalized spacial score (nSPS) is 19.5. The minimum absolute atomic E-state index is 0. The zero-order valence-electron chi connectivity index (χ0n) is 14.4. The Kier molecular flexibility index (Phi) is 7.66. The Morgan fingerprint density at radius 2 is 1.92 bits per heavy atom. The molecule has 7 heteroatoms. The van der Waals surface area contributed by atoms with Crippen molar-refractivity contribution in [1.29, 1.82) is 0 Å². The van der Waals surface area contributed by atoms with Crippen molar-refractivity contribution in [2.45, 2.75) is 38.9 Å². The van der Waals surface area contributed by atoms with E-state index >= 15 is 0 Å². The number of carbonyl (C=O) groups is 2. The van der Waals surface area contributed by atoms with Crippen LogP contribution in [0.25, 0.3) is 0 Å². The van der Waals surface area contributed by atoms with Crippen molar-refractivity contribution in [3.8, 4) is 0 Å². The summed E-state index contributed by atoms with van der Waals surface area (Å²) in [5, 5.41) is 2.88. The molecule has 24 heavy (non-hydrogen) atoms. The Balaban J connectivity index is 0.00000288. The first-order valence-corrected chi connectivity index (χ1v) is 7.89. The molecule has 134 valence electrons. The lowest BCUT2D eigenvalue weighted by atomic mass is 10.1. The van der Waals surface area contributed by atoms with E-state index in [0.717, 1.165) is 23.2 Å². The smallest absolute Gasteiger partial charge is 0.251 e. The molecule has 0 saturated carbocycles. The third-order valence-corrected chi connectivity index (χ3v) is 4.15. The van der Waals surface area contributed by atoms with Crippen LogP contribution in [0.1, 0.15) is 24.0 Å². The van der Waals surface area contributed by atoms with Crippen molar-refractivity contribution in [2.75, 3.05) is 25.5 Å². The molecule has 0 bridgehead atoms. The molecular weight excluding hydrogens is 330 g/mol. The number of hydrogen-bond acceptors (Lipinski definition) is 4. The van der Waals surface area contributed by atoms with E-state index in [-0.39, 0.29) is 36.9 Å². The molecule has 3 N–H and O–H groups in total. The van der Waals surface area contributed by atoms with Gasteiger partial charge in [0.2, 0.25) is 5.91 Å². The predicted molar refractivity (Wildman–Crippen MR) is 96.4 cm³/mol. The van der Waals surface area contributed by atoms with Crippen LogP contribution in [0.4, 0.5) is 5.69 Å². The highest BCUT2D eigenvalue weighted by atomic mass is 35.5. The number of amides is 2. The number of rotatable bonds is 5. The summed E-state index contributed by atoms with van der Waals surface area (Å²) in [7, 11) is 1.62. The van der Waals surface area contributed by atoms with Gasteiger partial charge in [0.15, 0.2) is 0 Å². The van der Waals surface area contributed by atoms with Crippen molar-refractivity contribution in [3.05, 3.63) is 29.3 Å². The Morgan fingerprint density at radius 3 is 2.46 bits per heavy atom. The lowest BCUT2D eigenvalue weighted by molar-refractivity contribution is -0.143. The van der Waals surface area contributed by atoms with Crippen molar-refractivity contribution < 1.29 is 14.3 Å². The molecule has 2 rings (SSSR count). The van der Waals surface area contributed by atoms with Crippen LogP contribution in [0.15, 0.2) is 18.2 Å². The minimum atomic E-state index is -0.485. The topological polar surface area (TPSA) is 84.7 Å². The number of anilines is 1. The molecule has 1 aromatic carbocycles. The summed E-state index contributed by atoms with van der Waals surface area (Å²) in [5.74, 6) is -0.385. The van der Waals surface area contributed by atoms with Crippen molar-refractivity contribution >= 4 is 29.9 Å². The van der Waals surface area contributed by atoms with Crippen LogP contribution < -0.4 is 11.1 Å². The number of aryl methyl sites for hydroxylation is 2. The molecule has 1 aliphatic rings. The predicted octanol–water partition coefficient (Wildman–Crippen LogP) is 1.63. The van der Waals surface area contributed by atoms with Gasteiger partial charge in [-0.15, -0.1) is 12.4 Å². The molecule has 0 radical (unpaired) electrons.